The second kappa shape index (κ2) is 10.4. The number of hydrogen-bond acceptors (Lipinski definition) is 7. The molecule has 3 heterocycles. The van der Waals surface area contributed by atoms with Crippen molar-refractivity contribution in [3.8, 4) is 5.75 Å². The van der Waals surface area contributed by atoms with Crippen molar-refractivity contribution in [2.45, 2.75) is 31.4 Å². The maximum Gasteiger partial charge on any atom is 0.158 e. The first-order valence-corrected chi connectivity index (χ1v) is 11.4. The van der Waals surface area contributed by atoms with Gasteiger partial charge in [-0.2, -0.15) is 0 Å². The van der Waals surface area contributed by atoms with Crippen LogP contribution in [0.5, 0.6) is 5.75 Å². The Labute approximate surface area is 194 Å². The Morgan fingerprint density at radius 2 is 2.06 bits per heavy atom. The molecule has 0 spiro atoms. The van der Waals surface area contributed by atoms with Gasteiger partial charge in [0.25, 0.3) is 0 Å². The largest absolute Gasteiger partial charge is 0.634 e. The van der Waals surface area contributed by atoms with Crippen molar-refractivity contribution in [2.75, 3.05) is 39.4 Å². The van der Waals surface area contributed by atoms with Gasteiger partial charge in [0.15, 0.2) is 5.60 Å². The fourth-order valence-corrected chi connectivity index (χ4v) is 4.45. The Hall–Kier alpha value is -2.78. The highest BCUT2D eigenvalue weighted by molar-refractivity contribution is 5.98. The van der Waals surface area contributed by atoms with E-state index < -0.39 is 11.6 Å². The molecule has 3 unspecified atom stereocenters. The van der Waals surface area contributed by atoms with Crippen LogP contribution >= 0.6 is 0 Å². The van der Waals surface area contributed by atoms with E-state index in [1.165, 1.54) is 0 Å². The zero-order valence-electron chi connectivity index (χ0n) is 19.0. The number of ether oxygens (including phenoxy) is 2. The topological polar surface area (TPSA) is 106 Å². The van der Waals surface area contributed by atoms with Crippen molar-refractivity contribution < 1.29 is 19.6 Å². The van der Waals surface area contributed by atoms with Crippen LogP contribution in [0.1, 0.15) is 36.9 Å². The first-order chi connectivity index (χ1) is 15.9. The van der Waals surface area contributed by atoms with E-state index in [2.05, 4.69) is 16.0 Å². The Morgan fingerprint density at radius 1 is 1.27 bits per heavy atom. The predicted octanol–water partition coefficient (Wildman–Crippen LogP) is 2.06. The molecule has 4 rings (SSSR count). The Balaban J connectivity index is 1.45. The van der Waals surface area contributed by atoms with Crippen molar-refractivity contribution in [2.24, 2.45) is 0 Å². The molecular formula is C25H32N4O4. The van der Waals surface area contributed by atoms with Crippen LogP contribution in [-0.2, 0) is 9.47 Å². The average molecular weight is 453 g/mol. The number of aromatic hydroxyl groups is 1. The van der Waals surface area contributed by atoms with Crippen molar-refractivity contribution in [3.63, 3.8) is 0 Å². The third-order valence-corrected chi connectivity index (χ3v) is 6.29. The highest BCUT2D eigenvalue weighted by Crippen LogP contribution is 2.29. The summed E-state index contributed by atoms with van der Waals surface area (Å²) < 4.78 is 11.7. The summed E-state index contributed by atoms with van der Waals surface area (Å²) in [4.78, 5) is 6.38. The monoisotopic (exact) mass is 452 g/mol. The molecule has 2 aromatic rings. The minimum atomic E-state index is -0.636. The lowest BCUT2D eigenvalue weighted by atomic mass is 9.95. The number of quaternary nitrogens is 1. The minimum absolute atomic E-state index is 0.0475. The molecule has 176 valence electrons. The molecule has 2 aliphatic rings. The summed E-state index contributed by atoms with van der Waals surface area (Å²) >= 11 is 0. The Bertz CT molecular complexity index is 977. The highest BCUT2D eigenvalue weighted by atomic mass is 16.5. The van der Waals surface area contributed by atoms with Crippen LogP contribution in [0.25, 0.3) is 0 Å². The summed E-state index contributed by atoms with van der Waals surface area (Å²) in [6.07, 6.45) is 6.20. The molecule has 8 nitrogen and oxygen atoms in total. The van der Waals surface area contributed by atoms with Gasteiger partial charge in [0, 0.05) is 49.6 Å². The predicted molar refractivity (Wildman–Crippen MR) is 125 cm³/mol. The van der Waals surface area contributed by atoms with E-state index >= 15 is 0 Å². The van der Waals surface area contributed by atoms with Crippen LogP contribution in [0, 0.1) is 10.6 Å². The van der Waals surface area contributed by atoms with Crippen LogP contribution in [0.2, 0.25) is 0 Å². The van der Waals surface area contributed by atoms with E-state index in [1.807, 2.05) is 13.0 Å². The maximum atomic E-state index is 13.6. The van der Waals surface area contributed by atoms with Crippen molar-refractivity contribution in [1.82, 2.24) is 9.88 Å². The molecule has 0 radical (unpaired) electrons. The van der Waals surface area contributed by atoms with Gasteiger partial charge in [-0.3, -0.25) is 9.88 Å². The van der Waals surface area contributed by atoms with Crippen LogP contribution in [0.15, 0.2) is 60.6 Å². The van der Waals surface area contributed by atoms with Crippen molar-refractivity contribution in [3.05, 3.63) is 77.0 Å². The molecule has 3 atom stereocenters. The molecular weight excluding hydrogens is 420 g/mol. The van der Waals surface area contributed by atoms with Gasteiger partial charge in [-0.1, -0.05) is 18.2 Å². The summed E-state index contributed by atoms with van der Waals surface area (Å²) in [6.45, 7) is 6.10. The smallest absolute Gasteiger partial charge is 0.158 e. The summed E-state index contributed by atoms with van der Waals surface area (Å²) in [6, 6.07) is 9.82. The third kappa shape index (κ3) is 5.97. The van der Waals surface area contributed by atoms with Gasteiger partial charge in [0.1, 0.15) is 24.1 Å². The molecule has 3 N–H and O–H groups in total. The molecule has 0 amide bonds. The lowest BCUT2D eigenvalue weighted by Gasteiger charge is -2.38. The summed E-state index contributed by atoms with van der Waals surface area (Å²) in [5.41, 5.74) is 0.897. The van der Waals surface area contributed by atoms with E-state index in [0.29, 0.717) is 23.3 Å². The number of rotatable bonds is 9. The van der Waals surface area contributed by atoms with Gasteiger partial charge in [0.05, 0.1) is 25.3 Å². The van der Waals surface area contributed by atoms with E-state index in [0.717, 1.165) is 38.6 Å². The second-order valence-electron chi connectivity index (χ2n) is 8.99. The summed E-state index contributed by atoms with van der Waals surface area (Å²) in [5.74, 6) is 0.966. The zero-order valence-corrected chi connectivity index (χ0v) is 19.0. The quantitative estimate of drug-likeness (QED) is 0.397. The maximum absolute atomic E-state index is 13.6. The molecule has 1 aromatic carbocycles. The molecule has 8 heteroatoms. The van der Waals surface area contributed by atoms with Crippen LogP contribution < -0.4 is 5.06 Å². The number of nitrogens with zero attached hydrogens (tertiary/aromatic N) is 2. The Kier molecular flexibility index (Phi) is 7.39. The number of hydrogen-bond donors (Lipinski definition) is 3. The molecule has 0 aliphatic carbocycles. The molecule has 1 aromatic heterocycles. The van der Waals surface area contributed by atoms with Crippen LogP contribution in [0.3, 0.4) is 0 Å². The van der Waals surface area contributed by atoms with Crippen molar-refractivity contribution in [1.29, 1.82) is 5.41 Å². The van der Waals surface area contributed by atoms with Crippen molar-refractivity contribution >= 4 is 5.71 Å². The van der Waals surface area contributed by atoms with Crippen LogP contribution in [-0.4, -0.2) is 65.7 Å². The van der Waals surface area contributed by atoms with Gasteiger partial charge in [0.2, 0.25) is 0 Å². The van der Waals surface area contributed by atoms with E-state index in [-0.39, 0.29) is 23.8 Å². The second-order valence-corrected chi connectivity index (χ2v) is 8.99. The SMILES string of the molecule is CC1(C[NH+]([O-])C(CC(=N)c2cccnc2)c2ccccc2O)CC=C(CN2CCOCC2)O1. The number of nitrogens with one attached hydrogen (secondary N) is 2. The molecule has 33 heavy (non-hydrogen) atoms. The van der Waals surface area contributed by atoms with Crippen LogP contribution in [0.4, 0.5) is 0 Å². The number of phenols is 1. The first kappa shape index (κ1) is 23.4. The molecule has 0 bridgehead atoms. The van der Waals surface area contributed by atoms with E-state index in [9.17, 15) is 10.3 Å². The lowest BCUT2D eigenvalue weighted by Crippen LogP contribution is -3.09. The molecule has 1 fully saturated rings. The molecule has 2 aliphatic heterocycles. The Morgan fingerprint density at radius 3 is 2.79 bits per heavy atom. The van der Waals surface area contributed by atoms with Gasteiger partial charge >= 0.3 is 0 Å². The lowest BCUT2D eigenvalue weighted by molar-refractivity contribution is -0.887. The van der Waals surface area contributed by atoms with E-state index in [1.54, 1.807) is 42.7 Å². The average Bonchev–Trinajstić information content (AvgIpc) is 3.18. The number of morpholine rings is 1. The van der Waals surface area contributed by atoms with Gasteiger partial charge < -0.3 is 30.3 Å². The van der Waals surface area contributed by atoms with Gasteiger partial charge in [-0.15, -0.1) is 0 Å². The summed E-state index contributed by atoms with van der Waals surface area (Å²) in [7, 11) is 0. The fraction of sp³-hybridized carbons (Fsp3) is 0.440. The normalized spacial score (nSPS) is 22.9. The number of aromatic nitrogens is 1. The minimum Gasteiger partial charge on any atom is -0.634 e. The standard InChI is InChI=1S/C25H32N4O4/c1-25(9-8-20(33-25)17-28-11-13-32-14-12-28)18-29(31)23(21-6-2-3-7-24(21)30)15-22(26)19-5-4-10-27-16-19/h2-8,10,16,23,26,29-30H,9,11-15,17-18H2,1H3. The number of benzene rings is 1. The van der Waals surface area contributed by atoms with Gasteiger partial charge in [-0.25, -0.2) is 0 Å². The van der Waals surface area contributed by atoms with E-state index in [4.69, 9.17) is 14.9 Å². The third-order valence-electron chi connectivity index (χ3n) is 6.29. The zero-order chi connectivity index (χ0) is 23.3. The number of phenolic OH excluding ortho intramolecular Hbond substituents is 1. The fourth-order valence-electron chi connectivity index (χ4n) is 4.45. The summed E-state index contributed by atoms with van der Waals surface area (Å²) in [5, 5.41) is 32.5. The molecule has 1 saturated heterocycles. The number of pyridine rings is 1. The molecule has 0 saturated carbocycles. The first-order valence-electron chi connectivity index (χ1n) is 11.4. The van der Waals surface area contributed by atoms with Gasteiger partial charge in [-0.05, 0) is 31.2 Å². The number of hydroxylamine groups is 2. The highest BCUT2D eigenvalue weighted by Gasteiger charge is 2.37. The number of para-hydroxylation sites is 1.